The third kappa shape index (κ3) is 4.44. The zero-order valence-electron chi connectivity index (χ0n) is 20.0. The number of rotatable bonds is 0. The molecule has 0 aliphatic carbocycles. The van der Waals surface area contributed by atoms with E-state index in [1.807, 2.05) is 0 Å². The van der Waals surface area contributed by atoms with Crippen molar-refractivity contribution in [3.8, 4) is 22.9 Å². The summed E-state index contributed by atoms with van der Waals surface area (Å²) >= 11 is 2.30. The Morgan fingerprint density at radius 2 is 0.912 bits per heavy atom. The third-order valence-electron chi connectivity index (χ3n) is 5.46. The lowest BCUT2D eigenvalue weighted by Crippen LogP contribution is -2.16. The lowest BCUT2D eigenvalue weighted by molar-refractivity contribution is 0.658. The Balaban J connectivity index is 2.04. The van der Waals surface area contributed by atoms with Gasteiger partial charge in [0.2, 0.25) is 0 Å². The second-order valence-corrected chi connectivity index (χ2v) is 22.3. The molecule has 2 aromatic heterocycles. The molecule has 0 unspecified atom stereocenters. The van der Waals surface area contributed by atoms with Gasteiger partial charge in [0, 0.05) is 31.3 Å². The van der Waals surface area contributed by atoms with Crippen LogP contribution in [0.3, 0.4) is 0 Å². The van der Waals surface area contributed by atoms with Crippen molar-refractivity contribution >= 4 is 80.5 Å². The molecule has 3 aromatic carbocycles. The van der Waals surface area contributed by atoms with E-state index in [9.17, 15) is 8.78 Å². The minimum absolute atomic E-state index is 0.199. The second-order valence-electron chi connectivity index (χ2n) is 10.7. The molecule has 5 rings (SSSR count). The first-order chi connectivity index (χ1) is 15.9. The first-order valence-corrected chi connectivity index (χ1v) is 19.8. The van der Waals surface area contributed by atoms with Gasteiger partial charge in [0.1, 0.15) is 16.1 Å². The molecule has 0 radical (unpaired) electrons. The summed E-state index contributed by atoms with van der Waals surface area (Å²) in [4.78, 5) is 0. The summed E-state index contributed by atoms with van der Waals surface area (Å²) in [6.07, 6.45) is 0. The fourth-order valence-corrected chi connectivity index (χ4v) is 6.61. The van der Waals surface area contributed by atoms with Crippen molar-refractivity contribution < 1.29 is 8.78 Å². The van der Waals surface area contributed by atoms with Crippen molar-refractivity contribution in [3.63, 3.8) is 0 Å². The monoisotopic (exact) mass is 518 g/mol. The van der Waals surface area contributed by atoms with Gasteiger partial charge in [0.15, 0.2) is 10.3 Å². The zero-order chi connectivity index (χ0) is 24.4. The van der Waals surface area contributed by atoms with E-state index in [-0.39, 0.29) is 10.3 Å². The van der Waals surface area contributed by atoms with Gasteiger partial charge in [-0.2, -0.15) is 8.78 Å². The van der Waals surface area contributed by atoms with Crippen LogP contribution in [0, 0.1) is 33.2 Å². The van der Waals surface area contributed by atoms with Crippen LogP contribution in [0.4, 0.5) is 8.78 Å². The van der Waals surface area contributed by atoms with Crippen LogP contribution in [0.2, 0.25) is 39.3 Å². The van der Waals surface area contributed by atoms with Crippen LogP contribution in [0.1, 0.15) is 11.1 Å². The molecule has 0 bridgehead atoms. The van der Waals surface area contributed by atoms with Crippen LogP contribution in [-0.4, -0.2) is 16.1 Å². The Morgan fingerprint density at radius 3 is 1.26 bits per heavy atom. The van der Waals surface area contributed by atoms with E-state index in [0.29, 0.717) is 0 Å². The van der Waals surface area contributed by atoms with Gasteiger partial charge in [-0.1, -0.05) is 51.1 Å². The van der Waals surface area contributed by atoms with Gasteiger partial charge in [-0.05, 0) is 57.9 Å². The average Bonchev–Trinajstić information content (AvgIpc) is 3.25. The summed E-state index contributed by atoms with van der Waals surface area (Å²) in [5.41, 5.74) is 8.90. The van der Waals surface area contributed by atoms with Gasteiger partial charge in [-0.15, -0.1) is 33.8 Å². The van der Waals surface area contributed by atoms with E-state index >= 15 is 0 Å². The van der Waals surface area contributed by atoms with Gasteiger partial charge in [-0.3, -0.25) is 0 Å². The van der Waals surface area contributed by atoms with E-state index in [2.05, 4.69) is 86.5 Å². The molecule has 0 fully saturated rings. The molecule has 0 saturated heterocycles. The highest BCUT2D eigenvalue weighted by Gasteiger charge is 2.18. The number of thiophene rings is 2. The zero-order valence-corrected chi connectivity index (χ0v) is 23.7. The maximum Gasteiger partial charge on any atom is 0.177 e. The molecule has 0 nitrogen and oxygen atoms in total. The fraction of sp³-hybridized carbons (Fsp3) is 0.214. The number of fused-ring (bicyclic) bond motifs is 4. The van der Waals surface area contributed by atoms with Gasteiger partial charge >= 0.3 is 0 Å². The fourth-order valence-electron chi connectivity index (χ4n) is 4.00. The topological polar surface area (TPSA) is 0 Å². The number of hydrogen-bond donors (Lipinski definition) is 0. The Hall–Kier alpha value is -2.49. The van der Waals surface area contributed by atoms with Crippen molar-refractivity contribution in [1.29, 1.82) is 0 Å². The highest BCUT2D eigenvalue weighted by atomic mass is 32.1. The number of halogens is 2. The molecule has 5 aromatic rings. The van der Waals surface area contributed by atoms with Crippen LogP contribution in [0.5, 0.6) is 0 Å². The summed E-state index contributed by atoms with van der Waals surface area (Å²) in [7, 11) is -3.33. The molecule has 0 spiro atoms. The summed E-state index contributed by atoms with van der Waals surface area (Å²) in [6.45, 7) is 13.3. The lowest BCUT2D eigenvalue weighted by atomic mass is 9.91. The Kier molecular flexibility index (Phi) is 5.50. The minimum Gasteiger partial charge on any atom is -0.195 e. The molecule has 0 N–H and O–H groups in total. The largest absolute Gasteiger partial charge is 0.195 e. The van der Waals surface area contributed by atoms with Gasteiger partial charge < -0.3 is 0 Å². The van der Waals surface area contributed by atoms with E-state index < -0.39 is 16.1 Å². The van der Waals surface area contributed by atoms with Gasteiger partial charge in [-0.25, -0.2) is 0 Å². The lowest BCUT2D eigenvalue weighted by Gasteiger charge is -2.13. The molecule has 6 heteroatoms. The first-order valence-electron chi connectivity index (χ1n) is 11.2. The average molecular weight is 519 g/mol. The van der Waals surface area contributed by atoms with Crippen molar-refractivity contribution in [2.45, 2.75) is 39.3 Å². The van der Waals surface area contributed by atoms with E-state index in [1.54, 1.807) is 12.1 Å². The van der Waals surface area contributed by atoms with E-state index in [0.717, 1.165) is 75.5 Å². The molecule has 2 heterocycles. The minimum atomic E-state index is -1.67. The summed E-state index contributed by atoms with van der Waals surface area (Å²) < 4.78 is 30.2. The standard InChI is InChI=1S/C28H24F2S2Si2/c1-33(2,3)9-7-19-21-11-17-13-27(29)31-25(17)15-23(21)20(8-10-34(4,5)6)24-16-26-18(12-22(19)24)14-28(30)32-26/h11-16H,1-6H3. The highest BCUT2D eigenvalue weighted by Crippen LogP contribution is 2.40. The van der Waals surface area contributed by atoms with Crippen molar-refractivity contribution in [3.05, 3.63) is 57.8 Å². The summed E-state index contributed by atoms with van der Waals surface area (Å²) in [6, 6.07) is 11.4. The van der Waals surface area contributed by atoms with Gasteiger partial charge in [0.25, 0.3) is 0 Å². The maximum absolute atomic E-state index is 14.2. The first kappa shape index (κ1) is 23.3. The second kappa shape index (κ2) is 8.04. The Bertz CT molecular complexity index is 1530. The van der Waals surface area contributed by atoms with Crippen molar-refractivity contribution in [2.75, 3.05) is 0 Å². The summed E-state index contributed by atoms with van der Waals surface area (Å²) in [5.74, 6) is 7.01. The normalized spacial score (nSPS) is 12.2. The Morgan fingerprint density at radius 1 is 0.559 bits per heavy atom. The summed E-state index contributed by atoms with van der Waals surface area (Å²) in [5, 5.41) is 5.30. The van der Waals surface area contributed by atoms with Crippen LogP contribution in [0.25, 0.3) is 41.7 Å². The van der Waals surface area contributed by atoms with E-state index in [4.69, 9.17) is 0 Å². The van der Waals surface area contributed by atoms with Crippen molar-refractivity contribution in [2.24, 2.45) is 0 Å². The molecule has 34 heavy (non-hydrogen) atoms. The Labute approximate surface area is 208 Å². The molecule has 0 aliphatic heterocycles. The maximum atomic E-state index is 14.2. The van der Waals surface area contributed by atoms with Crippen LogP contribution >= 0.6 is 22.7 Å². The van der Waals surface area contributed by atoms with Crippen LogP contribution in [0.15, 0.2) is 36.4 Å². The predicted molar refractivity (Wildman–Crippen MR) is 153 cm³/mol. The van der Waals surface area contributed by atoms with Crippen LogP contribution < -0.4 is 0 Å². The smallest absolute Gasteiger partial charge is 0.177 e. The quantitative estimate of drug-likeness (QED) is 0.109. The number of hydrogen-bond acceptors (Lipinski definition) is 2. The molecule has 170 valence electrons. The molecule has 0 amide bonds. The van der Waals surface area contributed by atoms with E-state index in [1.165, 1.54) is 0 Å². The third-order valence-corrected chi connectivity index (χ3v) is 8.98. The molecular formula is C28H24F2S2Si2. The highest BCUT2D eigenvalue weighted by molar-refractivity contribution is 7.18. The predicted octanol–water partition coefficient (Wildman–Crippen LogP) is 9.16. The molecule has 0 aliphatic rings. The number of benzene rings is 3. The molecule has 0 saturated carbocycles. The molecule has 0 atom stereocenters. The molecular weight excluding hydrogens is 495 g/mol. The SMILES string of the molecule is C[Si](C)(C)C#Cc1c2cc3cc(F)sc3cc2c(C#C[Si](C)(C)C)c2cc3sc(F)cc3cc12. The van der Waals surface area contributed by atoms with Crippen LogP contribution in [-0.2, 0) is 0 Å². The van der Waals surface area contributed by atoms with Gasteiger partial charge in [0.05, 0.1) is 0 Å². The van der Waals surface area contributed by atoms with Crippen molar-refractivity contribution in [1.82, 2.24) is 0 Å².